The number of nitrogens with zero attached hydrogens (tertiary/aromatic N) is 2. The van der Waals surface area contributed by atoms with E-state index >= 15 is 0 Å². The quantitative estimate of drug-likeness (QED) is 0.910. The Morgan fingerprint density at radius 3 is 2.54 bits per heavy atom. The zero-order chi connectivity index (χ0) is 17.0. The number of nitrogens with one attached hydrogen (secondary N) is 1. The fourth-order valence-electron chi connectivity index (χ4n) is 2.88. The van der Waals surface area contributed by atoms with Crippen LogP contribution >= 0.6 is 0 Å². The molecule has 0 bridgehead atoms. The van der Waals surface area contributed by atoms with Gasteiger partial charge in [0, 0.05) is 38.6 Å². The zero-order valence-electron chi connectivity index (χ0n) is 13.4. The molecule has 1 aliphatic heterocycles. The normalized spacial score (nSPS) is 16.8. The third-order valence-electron chi connectivity index (χ3n) is 4.21. The van der Waals surface area contributed by atoms with Crippen LogP contribution in [0.2, 0.25) is 0 Å². The SMILES string of the molecule is O=C(Cc1cc[nH]c1)N1CCCN(S(=O)(=O)c2ccccc2)CC1. The van der Waals surface area contributed by atoms with Gasteiger partial charge in [-0.2, -0.15) is 4.31 Å². The van der Waals surface area contributed by atoms with E-state index in [9.17, 15) is 13.2 Å². The van der Waals surface area contributed by atoms with Crippen LogP contribution in [0.15, 0.2) is 53.7 Å². The van der Waals surface area contributed by atoms with E-state index in [0.29, 0.717) is 43.9 Å². The number of sulfonamides is 1. The van der Waals surface area contributed by atoms with Gasteiger partial charge in [-0.1, -0.05) is 18.2 Å². The second-order valence-electron chi connectivity index (χ2n) is 5.85. The van der Waals surface area contributed by atoms with E-state index in [4.69, 9.17) is 0 Å². The van der Waals surface area contributed by atoms with Crippen LogP contribution in [0, 0.1) is 0 Å². The molecular formula is C17H21N3O3S. The third-order valence-corrected chi connectivity index (χ3v) is 6.12. The van der Waals surface area contributed by atoms with Gasteiger partial charge in [-0.15, -0.1) is 0 Å². The molecule has 0 atom stereocenters. The van der Waals surface area contributed by atoms with Crippen molar-refractivity contribution in [3.05, 3.63) is 54.4 Å². The summed E-state index contributed by atoms with van der Waals surface area (Å²) in [5, 5.41) is 0. The Morgan fingerprint density at radius 2 is 1.83 bits per heavy atom. The maximum Gasteiger partial charge on any atom is 0.243 e. The number of benzene rings is 1. The number of carbonyl (C=O) groups is 1. The highest BCUT2D eigenvalue weighted by molar-refractivity contribution is 7.89. The van der Waals surface area contributed by atoms with Crippen LogP contribution in [0.3, 0.4) is 0 Å². The number of aromatic nitrogens is 1. The molecule has 1 aliphatic rings. The Kier molecular flexibility index (Phi) is 5.01. The molecule has 1 amide bonds. The van der Waals surface area contributed by atoms with E-state index < -0.39 is 10.0 Å². The largest absolute Gasteiger partial charge is 0.367 e. The number of aromatic amines is 1. The minimum atomic E-state index is -3.49. The fraction of sp³-hybridized carbons (Fsp3) is 0.353. The van der Waals surface area contributed by atoms with Gasteiger partial charge >= 0.3 is 0 Å². The van der Waals surface area contributed by atoms with Gasteiger partial charge in [0.25, 0.3) is 0 Å². The van der Waals surface area contributed by atoms with Gasteiger partial charge in [0.2, 0.25) is 15.9 Å². The number of H-pyrrole nitrogens is 1. The lowest BCUT2D eigenvalue weighted by atomic mass is 10.2. The third kappa shape index (κ3) is 3.68. The second-order valence-corrected chi connectivity index (χ2v) is 7.79. The summed E-state index contributed by atoms with van der Waals surface area (Å²) in [6, 6.07) is 10.3. The maximum atomic E-state index is 12.7. The summed E-state index contributed by atoms with van der Waals surface area (Å²) >= 11 is 0. The van der Waals surface area contributed by atoms with E-state index in [1.54, 1.807) is 41.4 Å². The molecule has 1 aromatic heterocycles. The molecule has 1 N–H and O–H groups in total. The maximum absolute atomic E-state index is 12.7. The summed E-state index contributed by atoms with van der Waals surface area (Å²) in [6.45, 7) is 1.78. The van der Waals surface area contributed by atoms with Crippen LogP contribution < -0.4 is 0 Å². The van der Waals surface area contributed by atoms with E-state index in [1.807, 2.05) is 12.3 Å². The van der Waals surface area contributed by atoms with Gasteiger partial charge in [0.05, 0.1) is 11.3 Å². The smallest absolute Gasteiger partial charge is 0.243 e. The predicted molar refractivity (Wildman–Crippen MR) is 90.9 cm³/mol. The second kappa shape index (κ2) is 7.19. The fourth-order valence-corrected chi connectivity index (χ4v) is 4.37. The molecule has 0 aliphatic carbocycles. The van der Waals surface area contributed by atoms with Gasteiger partial charge in [-0.3, -0.25) is 4.79 Å². The van der Waals surface area contributed by atoms with Crippen LogP contribution in [0.25, 0.3) is 0 Å². The summed E-state index contributed by atoms with van der Waals surface area (Å²) < 4.78 is 26.9. The first kappa shape index (κ1) is 16.7. The van der Waals surface area contributed by atoms with Crippen molar-refractivity contribution in [1.82, 2.24) is 14.2 Å². The Hall–Kier alpha value is -2.12. The highest BCUT2D eigenvalue weighted by Gasteiger charge is 2.28. The summed E-state index contributed by atoms with van der Waals surface area (Å²) in [5.41, 5.74) is 0.943. The standard InChI is InChI=1S/C17H21N3O3S/c21-17(13-15-7-8-18-14-15)19-9-4-10-20(12-11-19)24(22,23)16-5-2-1-3-6-16/h1-3,5-8,14,18H,4,9-13H2. The topological polar surface area (TPSA) is 73.5 Å². The summed E-state index contributed by atoms with van der Waals surface area (Å²) in [4.78, 5) is 17.4. The molecular weight excluding hydrogens is 326 g/mol. The first-order chi connectivity index (χ1) is 11.6. The lowest BCUT2D eigenvalue weighted by Crippen LogP contribution is -2.37. The van der Waals surface area contributed by atoms with E-state index in [2.05, 4.69) is 4.98 Å². The molecule has 6 nitrogen and oxygen atoms in total. The van der Waals surface area contributed by atoms with Crippen LogP contribution in [0.1, 0.15) is 12.0 Å². The monoisotopic (exact) mass is 347 g/mol. The van der Waals surface area contributed by atoms with Gasteiger partial charge in [-0.25, -0.2) is 8.42 Å². The molecule has 24 heavy (non-hydrogen) atoms. The molecule has 2 aromatic rings. The number of hydrogen-bond donors (Lipinski definition) is 1. The number of hydrogen-bond acceptors (Lipinski definition) is 3. The van der Waals surface area contributed by atoms with Crippen molar-refractivity contribution in [2.75, 3.05) is 26.2 Å². The summed E-state index contributed by atoms with van der Waals surface area (Å²) in [5.74, 6) is 0.0357. The minimum Gasteiger partial charge on any atom is -0.367 e. The molecule has 1 saturated heterocycles. The van der Waals surface area contributed by atoms with Crippen LogP contribution in [-0.2, 0) is 21.2 Å². The first-order valence-corrected chi connectivity index (χ1v) is 9.46. The average Bonchev–Trinajstić information content (AvgIpc) is 2.96. The lowest BCUT2D eigenvalue weighted by molar-refractivity contribution is -0.130. The van der Waals surface area contributed by atoms with Crippen molar-refractivity contribution >= 4 is 15.9 Å². The molecule has 7 heteroatoms. The van der Waals surface area contributed by atoms with E-state index in [1.165, 1.54) is 4.31 Å². The molecule has 0 saturated carbocycles. The Balaban J connectivity index is 1.66. The highest BCUT2D eigenvalue weighted by Crippen LogP contribution is 2.17. The van der Waals surface area contributed by atoms with Crippen LogP contribution in [0.4, 0.5) is 0 Å². The Labute approximate surface area is 142 Å². The Bertz CT molecular complexity index is 773. The summed E-state index contributed by atoms with van der Waals surface area (Å²) in [6.07, 6.45) is 4.58. The van der Waals surface area contributed by atoms with Crippen molar-refractivity contribution in [3.63, 3.8) is 0 Å². The van der Waals surface area contributed by atoms with Gasteiger partial charge in [0.15, 0.2) is 0 Å². The molecule has 0 unspecified atom stereocenters. The predicted octanol–water partition coefficient (Wildman–Crippen LogP) is 1.48. The van der Waals surface area contributed by atoms with Crippen molar-refractivity contribution in [2.45, 2.75) is 17.7 Å². The lowest BCUT2D eigenvalue weighted by Gasteiger charge is -2.22. The molecule has 2 heterocycles. The molecule has 1 fully saturated rings. The molecule has 0 radical (unpaired) electrons. The van der Waals surface area contributed by atoms with Crippen molar-refractivity contribution < 1.29 is 13.2 Å². The highest BCUT2D eigenvalue weighted by atomic mass is 32.2. The number of amides is 1. The van der Waals surface area contributed by atoms with E-state index in [0.717, 1.165) is 5.56 Å². The van der Waals surface area contributed by atoms with Crippen molar-refractivity contribution in [3.8, 4) is 0 Å². The van der Waals surface area contributed by atoms with Crippen molar-refractivity contribution in [1.29, 1.82) is 0 Å². The molecule has 128 valence electrons. The van der Waals surface area contributed by atoms with E-state index in [-0.39, 0.29) is 5.91 Å². The number of rotatable bonds is 4. The Morgan fingerprint density at radius 1 is 1.04 bits per heavy atom. The molecule has 0 spiro atoms. The average molecular weight is 347 g/mol. The minimum absolute atomic E-state index is 0.0357. The van der Waals surface area contributed by atoms with Gasteiger partial charge in [-0.05, 0) is 30.2 Å². The van der Waals surface area contributed by atoms with Crippen LogP contribution in [-0.4, -0.2) is 54.7 Å². The first-order valence-electron chi connectivity index (χ1n) is 8.02. The van der Waals surface area contributed by atoms with Gasteiger partial charge in [0.1, 0.15) is 0 Å². The molecule has 3 rings (SSSR count). The zero-order valence-corrected chi connectivity index (χ0v) is 14.2. The number of carbonyl (C=O) groups excluding carboxylic acids is 1. The van der Waals surface area contributed by atoms with Crippen LogP contribution in [0.5, 0.6) is 0 Å². The van der Waals surface area contributed by atoms with Gasteiger partial charge < -0.3 is 9.88 Å². The summed E-state index contributed by atoms with van der Waals surface area (Å²) in [7, 11) is -3.49. The van der Waals surface area contributed by atoms with Crippen molar-refractivity contribution in [2.24, 2.45) is 0 Å². The molecule has 1 aromatic carbocycles.